The number of amides is 4. The summed E-state index contributed by atoms with van der Waals surface area (Å²) in [7, 11) is 3.15. The maximum absolute atomic E-state index is 12.0. The van der Waals surface area contributed by atoms with Gasteiger partial charge < -0.3 is 21.3 Å². The lowest BCUT2D eigenvalue weighted by Gasteiger charge is -2.07. The first-order valence-electron chi connectivity index (χ1n) is 11.2. The van der Waals surface area contributed by atoms with Crippen molar-refractivity contribution in [3.63, 3.8) is 0 Å². The predicted octanol–water partition coefficient (Wildman–Crippen LogP) is 3.71. The molecule has 0 aliphatic rings. The Morgan fingerprint density at radius 2 is 0.879 bits per heavy atom. The fourth-order valence-corrected chi connectivity index (χ4v) is 3.25. The smallest absolute Gasteiger partial charge is 0.251 e. The molecule has 0 aliphatic carbocycles. The molecule has 33 heavy (non-hydrogen) atoms. The SMILES string of the molecule is CNC(=O)c1ccc(NC(=O)CCCCCCCC(=O)Nc2ccc(C(=O)NC)cc2)cc1. The summed E-state index contributed by atoms with van der Waals surface area (Å²) in [5, 5.41) is 10.8. The summed E-state index contributed by atoms with van der Waals surface area (Å²) >= 11 is 0. The molecular formula is C25H32N4O4. The van der Waals surface area contributed by atoms with Gasteiger partial charge in [0.2, 0.25) is 11.8 Å². The van der Waals surface area contributed by atoms with Crippen LogP contribution in [-0.4, -0.2) is 37.7 Å². The Hall–Kier alpha value is -3.68. The van der Waals surface area contributed by atoms with Crippen molar-refractivity contribution in [2.24, 2.45) is 0 Å². The molecule has 4 amide bonds. The summed E-state index contributed by atoms with van der Waals surface area (Å²) in [4.78, 5) is 47.1. The van der Waals surface area contributed by atoms with Gasteiger partial charge in [0.25, 0.3) is 11.8 Å². The topological polar surface area (TPSA) is 116 Å². The second-order valence-electron chi connectivity index (χ2n) is 7.68. The van der Waals surface area contributed by atoms with Crippen molar-refractivity contribution in [2.75, 3.05) is 24.7 Å². The maximum Gasteiger partial charge on any atom is 0.251 e. The first kappa shape index (κ1) is 25.6. The van der Waals surface area contributed by atoms with Gasteiger partial charge in [-0.1, -0.05) is 19.3 Å². The van der Waals surface area contributed by atoms with Gasteiger partial charge in [-0.3, -0.25) is 19.2 Å². The van der Waals surface area contributed by atoms with Gasteiger partial charge in [-0.05, 0) is 61.4 Å². The highest BCUT2D eigenvalue weighted by molar-refractivity contribution is 5.96. The largest absolute Gasteiger partial charge is 0.355 e. The third-order valence-electron chi connectivity index (χ3n) is 5.12. The monoisotopic (exact) mass is 452 g/mol. The number of nitrogens with one attached hydrogen (secondary N) is 4. The second-order valence-corrected chi connectivity index (χ2v) is 7.68. The molecule has 8 heteroatoms. The highest BCUT2D eigenvalue weighted by Gasteiger charge is 2.07. The molecule has 0 radical (unpaired) electrons. The fourth-order valence-electron chi connectivity index (χ4n) is 3.25. The number of benzene rings is 2. The van der Waals surface area contributed by atoms with E-state index in [9.17, 15) is 19.2 Å². The van der Waals surface area contributed by atoms with Gasteiger partial charge in [0, 0.05) is 49.4 Å². The van der Waals surface area contributed by atoms with E-state index in [0.29, 0.717) is 35.3 Å². The van der Waals surface area contributed by atoms with Crippen LogP contribution in [0.4, 0.5) is 11.4 Å². The van der Waals surface area contributed by atoms with Crippen LogP contribution in [0.3, 0.4) is 0 Å². The van der Waals surface area contributed by atoms with Gasteiger partial charge in [0.15, 0.2) is 0 Å². The fraction of sp³-hybridized carbons (Fsp3) is 0.360. The Bertz CT molecular complexity index is 862. The van der Waals surface area contributed by atoms with Crippen LogP contribution in [0, 0.1) is 0 Å². The molecule has 0 fully saturated rings. The van der Waals surface area contributed by atoms with Crippen molar-refractivity contribution in [1.82, 2.24) is 10.6 Å². The van der Waals surface area contributed by atoms with E-state index in [1.807, 2.05) is 0 Å². The molecule has 0 aliphatic heterocycles. The highest BCUT2D eigenvalue weighted by atomic mass is 16.2. The summed E-state index contributed by atoms with van der Waals surface area (Å²) in [5.74, 6) is -0.433. The number of hydrogen-bond donors (Lipinski definition) is 4. The molecule has 0 unspecified atom stereocenters. The highest BCUT2D eigenvalue weighted by Crippen LogP contribution is 2.13. The van der Waals surface area contributed by atoms with Crippen molar-refractivity contribution in [3.05, 3.63) is 59.7 Å². The first-order chi connectivity index (χ1) is 15.9. The van der Waals surface area contributed by atoms with Gasteiger partial charge in [-0.2, -0.15) is 0 Å². The van der Waals surface area contributed by atoms with Gasteiger partial charge >= 0.3 is 0 Å². The molecule has 2 aromatic rings. The lowest BCUT2D eigenvalue weighted by molar-refractivity contribution is -0.117. The van der Waals surface area contributed by atoms with Crippen LogP contribution in [0.1, 0.15) is 65.7 Å². The Kier molecular flexibility index (Phi) is 10.6. The zero-order valence-corrected chi connectivity index (χ0v) is 19.2. The number of carbonyl (C=O) groups excluding carboxylic acids is 4. The number of anilines is 2. The third kappa shape index (κ3) is 9.14. The summed E-state index contributed by atoms with van der Waals surface area (Å²) < 4.78 is 0. The van der Waals surface area contributed by atoms with E-state index in [1.54, 1.807) is 62.6 Å². The van der Waals surface area contributed by atoms with Crippen LogP contribution in [0.2, 0.25) is 0 Å². The molecule has 2 rings (SSSR count). The van der Waals surface area contributed by atoms with E-state index in [4.69, 9.17) is 0 Å². The third-order valence-corrected chi connectivity index (χ3v) is 5.12. The van der Waals surface area contributed by atoms with Crippen LogP contribution in [0.5, 0.6) is 0 Å². The predicted molar refractivity (Wildman–Crippen MR) is 129 cm³/mol. The van der Waals surface area contributed by atoms with Gasteiger partial charge in [-0.15, -0.1) is 0 Å². The number of rotatable bonds is 12. The zero-order valence-electron chi connectivity index (χ0n) is 19.2. The molecule has 0 aromatic heterocycles. The standard InChI is InChI=1S/C25H32N4O4/c1-26-24(32)18-10-14-20(15-11-18)28-22(30)8-6-4-3-5-7-9-23(31)29-21-16-12-19(13-17-21)25(33)27-2/h10-17H,3-9H2,1-2H3,(H,26,32)(H,27,33)(H,28,30)(H,29,31). The molecule has 0 heterocycles. The van der Waals surface area contributed by atoms with Crippen LogP contribution in [0.25, 0.3) is 0 Å². The Morgan fingerprint density at radius 3 is 1.21 bits per heavy atom. The summed E-state index contributed by atoms with van der Waals surface area (Å²) in [6.07, 6.45) is 5.24. The Morgan fingerprint density at radius 1 is 0.545 bits per heavy atom. The lowest BCUT2D eigenvalue weighted by Crippen LogP contribution is -2.17. The van der Waals surface area contributed by atoms with Crippen LogP contribution in [-0.2, 0) is 9.59 Å². The van der Waals surface area contributed by atoms with Crippen molar-refractivity contribution in [1.29, 1.82) is 0 Å². The van der Waals surface area contributed by atoms with Crippen LogP contribution >= 0.6 is 0 Å². The minimum Gasteiger partial charge on any atom is -0.355 e. The van der Waals surface area contributed by atoms with Crippen LogP contribution in [0.15, 0.2) is 48.5 Å². The second kappa shape index (κ2) is 13.7. The summed E-state index contributed by atoms with van der Waals surface area (Å²) in [6, 6.07) is 13.5. The van der Waals surface area contributed by atoms with Crippen LogP contribution < -0.4 is 21.3 Å². The van der Waals surface area contributed by atoms with E-state index in [-0.39, 0.29) is 23.6 Å². The molecule has 4 N–H and O–H groups in total. The number of hydrogen-bond acceptors (Lipinski definition) is 4. The van der Waals surface area contributed by atoms with Crippen molar-refractivity contribution >= 4 is 35.0 Å². The average Bonchev–Trinajstić information content (AvgIpc) is 2.83. The number of unbranched alkanes of at least 4 members (excludes halogenated alkanes) is 4. The van der Waals surface area contributed by atoms with E-state index < -0.39 is 0 Å². The normalized spacial score (nSPS) is 10.2. The average molecular weight is 453 g/mol. The van der Waals surface area contributed by atoms with Crippen molar-refractivity contribution in [2.45, 2.75) is 44.9 Å². The molecule has 176 valence electrons. The first-order valence-corrected chi connectivity index (χ1v) is 11.2. The minimum absolute atomic E-state index is 0.0514. The van der Waals surface area contributed by atoms with Crippen molar-refractivity contribution in [3.8, 4) is 0 Å². The van der Waals surface area contributed by atoms with E-state index in [1.165, 1.54) is 0 Å². The van der Waals surface area contributed by atoms with E-state index in [0.717, 1.165) is 32.1 Å². The summed E-state index contributed by atoms with van der Waals surface area (Å²) in [5.41, 5.74) is 2.43. The Balaban J connectivity index is 1.54. The quantitative estimate of drug-likeness (QED) is 0.367. The van der Waals surface area contributed by atoms with Gasteiger partial charge in [-0.25, -0.2) is 0 Å². The van der Waals surface area contributed by atoms with Gasteiger partial charge in [0.05, 0.1) is 0 Å². The molecule has 0 atom stereocenters. The van der Waals surface area contributed by atoms with E-state index in [2.05, 4.69) is 21.3 Å². The number of carbonyl (C=O) groups is 4. The molecular weight excluding hydrogens is 420 g/mol. The zero-order chi connectivity index (χ0) is 24.1. The molecule has 8 nitrogen and oxygen atoms in total. The minimum atomic E-state index is -0.165. The van der Waals surface area contributed by atoms with E-state index >= 15 is 0 Å². The molecule has 0 spiro atoms. The molecule has 0 saturated heterocycles. The van der Waals surface area contributed by atoms with Gasteiger partial charge in [0.1, 0.15) is 0 Å². The molecule has 0 saturated carbocycles. The maximum atomic E-state index is 12.0. The lowest BCUT2D eigenvalue weighted by atomic mass is 10.1. The summed E-state index contributed by atoms with van der Waals surface area (Å²) in [6.45, 7) is 0. The van der Waals surface area contributed by atoms with Crippen molar-refractivity contribution < 1.29 is 19.2 Å². The molecule has 2 aromatic carbocycles. The Labute approximate surface area is 194 Å². The molecule has 0 bridgehead atoms.